The Morgan fingerprint density at radius 3 is 2.64 bits per heavy atom. The number of nitrogens with zero attached hydrogens (tertiary/aromatic N) is 6. The number of halogens is 2. The minimum Gasteiger partial charge on any atom is -0.469 e. The number of methoxy groups -OCH3 is 1. The number of aromatic nitrogens is 4. The quantitative estimate of drug-likeness (QED) is 0.244. The average Bonchev–Trinajstić information content (AvgIpc) is 3.72. The van der Waals surface area contributed by atoms with Crippen molar-refractivity contribution in [3.05, 3.63) is 102 Å². The molecule has 1 saturated heterocycles. The molecule has 0 bridgehead atoms. The summed E-state index contributed by atoms with van der Waals surface area (Å²) in [6.07, 6.45) is 3.94. The first kappa shape index (κ1) is 28.6. The van der Waals surface area contributed by atoms with Crippen LogP contribution >= 0.6 is 0 Å². The first-order valence-electron chi connectivity index (χ1n) is 14.8. The lowest BCUT2D eigenvalue weighted by Crippen LogP contribution is -2.39. The van der Waals surface area contributed by atoms with Crippen molar-refractivity contribution in [1.82, 2.24) is 24.5 Å². The number of carbonyl (C=O) groups is 2. The van der Waals surface area contributed by atoms with Gasteiger partial charge in [0.05, 0.1) is 36.7 Å². The molecule has 0 saturated carbocycles. The highest BCUT2D eigenvalue weighted by atomic mass is 19.1. The second-order valence-electron chi connectivity index (χ2n) is 11.5. The van der Waals surface area contributed by atoms with Gasteiger partial charge in [-0.25, -0.2) is 18.3 Å². The van der Waals surface area contributed by atoms with Gasteiger partial charge in [0.2, 0.25) is 0 Å². The zero-order chi connectivity index (χ0) is 31.2. The van der Waals surface area contributed by atoms with Crippen molar-refractivity contribution in [1.29, 1.82) is 0 Å². The monoisotopic (exact) mass is 608 g/mol. The number of amides is 1. The Labute approximate surface area is 258 Å². The third-order valence-corrected chi connectivity index (χ3v) is 8.82. The van der Waals surface area contributed by atoms with E-state index in [0.29, 0.717) is 54.3 Å². The summed E-state index contributed by atoms with van der Waals surface area (Å²) in [6.45, 7) is 3.58. The van der Waals surface area contributed by atoms with E-state index in [1.165, 1.54) is 35.5 Å². The van der Waals surface area contributed by atoms with Gasteiger partial charge in [-0.1, -0.05) is 24.3 Å². The molecular formula is C34H30F2N6O3. The molecule has 1 fully saturated rings. The molecule has 2 aliphatic rings. The molecule has 0 radical (unpaired) electrons. The largest absolute Gasteiger partial charge is 0.469 e. The van der Waals surface area contributed by atoms with Crippen molar-refractivity contribution in [2.45, 2.75) is 25.8 Å². The Morgan fingerprint density at radius 2 is 1.84 bits per heavy atom. The van der Waals surface area contributed by atoms with E-state index in [1.54, 1.807) is 29.2 Å². The lowest BCUT2D eigenvalue weighted by molar-refractivity contribution is -0.144. The van der Waals surface area contributed by atoms with E-state index in [2.05, 4.69) is 21.1 Å². The van der Waals surface area contributed by atoms with Crippen LogP contribution in [0.3, 0.4) is 0 Å². The van der Waals surface area contributed by atoms with Gasteiger partial charge in [-0.2, -0.15) is 5.10 Å². The molecule has 3 aromatic heterocycles. The van der Waals surface area contributed by atoms with Crippen molar-refractivity contribution < 1.29 is 23.1 Å². The highest BCUT2D eigenvalue weighted by Gasteiger charge is 2.31. The van der Waals surface area contributed by atoms with E-state index in [-0.39, 0.29) is 35.1 Å². The molecule has 5 heterocycles. The van der Waals surface area contributed by atoms with Gasteiger partial charge in [-0.3, -0.25) is 14.6 Å². The highest BCUT2D eigenvalue weighted by molar-refractivity contribution is 5.94. The molecule has 2 atom stereocenters. The lowest BCUT2D eigenvalue weighted by Gasteiger charge is -2.35. The van der Waals surface area contributed by atoms with Crippen LogP contribution in [0, 0.1) is 17.6 Å². The van der Waals surface area contributed by atoms with Crippen LogP contribution in [0.4, 0.5) is 14.5 Å². The Balaban J connectivity index is 1.26. The lowest BCUT2D eigenvalue weighted by atomic mass is 9.93. The first-order chi connectivity index (χ1) is 21.8. The molecule has 0 unspecified atom stereocenters. The van der Waals surface area contributed by atoms with Crippen LogP contribution in [0.15, 0.2) is 73.1 Å². The molecular weight excluding hydrogens is 578 g/mol. The van der Waals surface area contributed by atoms with Gasteiger partial charge < -0.3 is 14.5 Å². The number of rotatable bonds is 5. The summed E-state index contributed by atoms with van der Waals surface area (Å²) in [5, 5.41) is 4.65. The van der Waals surface area contributed by atoms with Gasteiger partial charge in [0.15, 0.2) is 5.65 Å². The predicted octanol–water partition coefficient (Wildman–Crippen LogP) is 5.50. The average molecular weight is 609 g/mol. The SMILES string of the molecule is COC(=O)[C@@H]1CCN(c2ccc(-c3cc4nc(C(=O)N5CCc6ccccc6[C@H]5C)cc(-c5cncc(F)c5)n4n3)c(F)c2)C1. The first-order valence-corrected chi connectivity index (χ1v) is 14.8. The van der Waals surface area contributed by atoms with Crippen LogP contribution < -0.4 is 4.90 Å². The smallest absolute Gasteiger partial charge is 0.310 e. The van der Waals surface area contributed by atoms with Gasteiger partial charge in [0, 0.05) is 48.7 Å². The normalized spacial score (nSPS) is 17.9. The molecule has 2 aromatic carbocycles. The number of anilines is 1. The summed E-state index contributed by atoms with van der Waals surface area (Å²) in [6, 6.07) is 17.3. The standard InChI is InChI=1S/C34H30F2N6O3/c1-20-26-6-4-3-5-21(26)10-12-41(20)33(43)30-15-31(23-13-24(35)18-37-17-23)42-32(38-30)16-29(39-42)27-8-7-25(14-28(27)36)40-11-9-22(19-40)34(44)45-2/h3-8,13-18,20,22H,9-12,19H2,1-2H3/t20-,22-/m1/s1. The van der Waals surface area contributed by atoms with Crippen molar-refractivity contribution in [3.63, 3.8) is 0 Å². The molecule has 9 nitrogen and oxygen atoms in total. The molecule has 45 heavy (non-hydrogen) atoms. The number of ether oxygens (including phenoxy) is 1. The Bertz CT molecular complexity index is 1960. The number of benzene rings is 2. The molecule has 7 rings (SSSR count). The molecule has 11 heteroatoms. The summed E-state index contributed by atoms with van der Waals surface area (Å²) >= 11 is 0. The van der Waals surface area contributed by atoms with E-state index in [9.17, 15) is 14.0 Å². The minimum absolute atomic E-state index is 0.161. The molecule has 0 spiro atoms. The predicted molar refractivity (Wildman–Crippen MR) is 164 cm³/mol. The van der Waals surface area contributed by atoms with E-state index in [0.717, 1.165) is 18.2 Å². The fourth-order valence-corrected chi connectivity index (χ4v) is 6.43. The topological polar surface area (TPSA) is 92.9 Å². The zero-order valence-corrected chi connectivity index (χ0v) is 24.8. The van der Waals surface area contributed by atoms with Crippen molar-refractivity contribution in [3.8, 4) is 22.5 Å². The second-order valence-corrected chi connectivity index (χ2v) is 11.5. The number of fused-ring (bicyclic) bond motifs is 2. The Hall–Kier alpha value is -5.19. The number of carbonyl (C=O) groups excluding carboxylic acids is 2. The summed E-state index contributed by atoms with van der Waals surface area (Å²) in [5.41, 5.74) is 4.78. The summed E-state index contributed by atoms with van der Waals surface area (Å²) < 4.78 is 36.3. The minimum atomic E-state index is -0.544. The maximum atomic E-state index is 15.6. The van der Waals surface area contributed by atoms with Crippen LogP contribution in [0.1, 0.15) is 41.0 Å². The number of pyridine rings is 1. The Kier molecular flexibility index (Phi) is 7.23. The number of hydrogen-bond donors (Lipinski definition) is 0. The van der Waals surface area contributed by atoms with Gasteiger partial charge in [-0.15, -0.1) is 0 Å². The maximum absolute atomic E-state index is 15.6. The summed E-state index contributed by atoms with van der Waals surface area (Å²) in [5.74, 6) is -1.83. The van der Waals surface area contributed by atoms with Crippen LogP contribution in [-0.2, 0) is 16.0 Å². The zero-order valence-electron chi connectivity index (χ0n) is 24.8. The van der Waals surface area contributed by atoms with E-state index < -0.39 is 11.6 Å². The van der Waals surface area contributed by atoms with Gasteiger partial charge in [0.25, 0.3) is 5.91 Å². The molecule has 1 amide bonds. The van der Waals surface area contributed by atoms with Crippen LogP contribution in [0.25, 0.3) is 28.2 Å². The molecule has 0 N–H and O–H groups in total. The maximum Gasteiger partial charge on any atom is 0.310 e. The summed E-state index contributed by atoms with van der Waals surface area (Å²) in [7, 11) is 1.37. The third-order valence-electron chi connectivity index (χ3n) is 8.82. The number of esters is 1. The van der Waals surface area contributed by atoms with Crippen LogP contribution in [0.5, 0.6) is 0 Å². The van der Waals surface area contributed by atoms with Crippen LogP contribution in [0.2, 0.25) is 0 Å². The fourth-order valence-electron chi connectivity index (χ4n) is 6.43. The van der Waals surface area contributed by atoms with Gasteiger partial charge >= 0.3 is 5.97 Å². The van der Waals surface area contributed by atoms with Crippen molar-refractivity contribution in [2.24, 2.45) is 5.92 Å². The summed E-state index contributed by atoms with van der Waals surface area (Å²) in [4.78, 5) is 38.3. The molecule has 2 aliphatic heterocycles. The molecule has 228 valence electrons. The van der Waals surface area contributed by atoms with Gasteiger partial charge in [0.1, 0.15) is 17.3 Å². The third kappa shape index (κ3) is 5.17. The van der Waals surface area contributed by atoms with E-state index in [1.807, 2.05) is 30.0 Å². The highest BCUT2D eigenvalue weighted by Crippen LogP contribution is 2.33. The molecule has 0 aliphatic carbocycles. The van der Waals surface area contributed by atoms with Gasteiger partial charge in [-0.05, 0) is 61.2 Å². The second kappa shape index (κ2) is 11.4. The van der Waals surface area contributed by atoms with Crippen molar-refractivity contribution in [2.75, 3.05) is 31.6 Å². The fraction of sp³-hybridized carbons (Fsp3) is 0.265. The number of hydrogen-bond acceptors (Lipinski definition) is 7. The van der Waals surface area contributed by atoms with E-state index >= 15 is 4.39 Å². The van der Waals surface area contributed by atoms with E-state index in [4.69, 9.17) is 4.74 Å². The Morgan fingerprint density at radius 1 is 1.00 bits per heavy atom. The van der Waals surface area contributed by atoms with Crippen molar-refractivity contribution >= 4 is 23.2 Å². The molecule has 5 aromatic rings. The van der Waals surface area contributed by atoms with Crippen LogP contribution in [-0.4, -0.2) is 63.1 Å².